The molecule has 0 saturated heterocycles. The van der Waals surface area contributed by atoms with Gasteiger partial charge >= 0.3 is 5.97 Å². The van der Waals surface area contributed by atoms with Gasteiger partial charge in [-0.05, 0) is 30.3 Å². The zero-order valence-corrected chi connectivity index (χ0v) is 15.4. The SMILES string of the molecule is COC(=O)c1cc(Cl)ccc1N1Cc2c(oc3c(Cl)cccc3c2=O)C1=O. The van der Waals surface area contributed by atoms with Crippen LogP contribution in [0.5, 0.6) is 0 Å². The summed E-state index contributed by atoms with van der Waals surface area (Å²) in [5.74, 6) is -1.29. The molecule has 1 amide bonds. The number of esters is 1. The van der Waals surface area contributed by atoms with Crippen molar-refractivity contribution in [1.82, 2.24) is 0 Å². The fourth-order valence-electron chi connectivity index (χ4n) is 3.10. The van der Waals surface area contributed by atoms with Gasteiger partial charge in [0.25, 0.3) is 5.91 Å². The Kier molecular flexibility index (Phi) is 4.17. The number of carbonyl (C=O) groups is 2. The number of para-hydroxylation sites is 1. The number of anilines is 1. The van der Waals surface area contributed by atoms with Crippen LogP contribution in [0.15, 0.2) is 45.6 Å². The third-order valence-corrected chi connectivity index (χ3v) is 4.91. The molecule has 0 N–H and O–H groups in total. The maximum atomic E-state index is 12.9. The van der Waals surface area contributed by atoms with E-state index in [9.17, 15) is 14.4 Å². The highest BCUT2D eigenvalue weighted by Gasteiger charge is 2.36. The number of amides is 1. The molecule has 0 fully saturated rings. The highest BCUT2D eigenvalue weighted by molar-refractivity contribution is 6.34. The predicted octanol–water partition coefficient (Wildman–Crippen LogP) is 4.05. The van der Waals surface area contributed by atoms with Crippen molar-refractivity contribution in [2.75, 3.05) is 12.0 Å². The third-order valence-electron chi connectivity index (χ3n) is 4.37. The first-order valence-electron chi connectivity index (χ1n) is 7.86. The molecular formula is C19H11Cl2NO5. The molecule has 1 aromatic heterocycles. The van der Waals surface area contributed by atoms with E-state index in [1.54, 1.807) is 24.3 Å². The Labute approximate surface area is 162 Å². The second-order valence-corrected chi connectivity index (χ2v) is 6.74. The monoisotopic (exact) mass is 403 g/mol. The number of benzene rings is 2. The average Bonchev–Trinajstić information content (AvgIpc) is 2.99. The van der Waals surface area contributed by atoms with Gasteiger partial charge in [-0.25, -0.2) is 4.79 Å². The highest BCUT2D eigenvalue weighted by Crippen LogP contribution is 2.34. The normalized spacial score (nSPS) is 13.1. The summed E-state index contributed by atoms with van der Waals surface area (Å²) in [7, 11) is 1.23. The molecule has 27 heavy (non-hydrogen) atoms. The fraction of sp³-hybridized carbons (Fsp3) is 0.105. The Morgan fingerprint density at radius 2 is 1.96 bits per heavy atom. The van der Waals surface area contributed by atoms with E-state index in [2.05, 4.69) is 0 Å². The lowest BCUT2D eigenvalue weighted by Gasteiger charge is -2.18. The van der Waals surface area contributed by atoms with Crippen LogP contribution >= 0.6 is 23.2 Å². The predicted molar refractivity (Wildman–Crippen MR) is 101 cm³/mol. The molecule has 3 aromatic rings. The van der Waals surface area contributed by atoms with Crippen molar-refractivity contribution < 1.29 is 18.7 Å². The van der Waals surface area contributed by atoms with E-state index in [0.29, 0.717) is 10.4 Å². The number of nitrogens with zero attached hydrogens (tertiary/aromatic N) is 1. The summed E-state index contributed by atoms with van der Waals surface area (Å²) in [6.07, 6.45) is 0. The Morgan fingerprint density at radius 3 is 2.70 bits per heavy atom. The number of hydrogen-bond acceptors (Lipinski definition) is 5. The van der Waals surface area contributed by atoms with Gasteiger partial charge in [0.15, 0.2) is 11.0 Å². The van der Waals surface area contributed by atoms with Gasteiger partial charge in [-0.15, -0.1) is 0 Å². The summed E-state index contributed by atoms with van der Waals surface area (Å²) in [4.78, 5) is 39.1. The average molecular weight is 404 g/mol. The fourth-order valence-corrected chi connectivity index (χ4v) is 3.49. The minimum absolute atomic E-state index is 0.0371. The minimum atomic E-state index is -0.649. The molecule has 4 rings (SSSR count). The number of fused-ring (bicyclic) bond motifs is 2. The molecule has 1 aliphatic rings. The largest absolute Gasteiger partial charge is 0.465 e. The van der Waals surface area contributed by atoms with Gasteiger partial charge in [-0.1, -0.05) is 29.3 Å². The minimum Gasteiger partial charge on any atom is -0.465 e. The zero-order valence-electron chi connectivity index (χ0n) is 13.9. The van der Waals surface area contributed by atoms with E-state index in [4.69, 9.17) is 32.4 Å². The molecule has 0 spiro atoms. The van der Waals surface area contributed by atoms with Gasteiger partial charge < -0.3 is 14.1 Å². The summed E-state index contributed by atoms with van der Waals surface area (Å²) in [5.41, 5.74) is 0.416. The number of halogens is 2. The molecule has 0 radical (unpaired) electrons. The van der Waals surface area contributed by atoms with Crippen molar-refractivity contribution in [3.63, 3.8) is 0 Å². The Bertz CT molecular complexity index is 1180. The maximum absolute atomic E-state index is 12.9. The first-order chi connectivity index (χ1) is 12.9. The number of methoxy groups -OCH3 is 1. The highest BCUT2D eigenvalue weighted by atomic mass is 35.5. The molecular weight excluding hydrogens is 393 g/mol. The van der Waals surface area contributed by atoms with Crippen LogP contribution in [0.25, 0.3) is 11.0 Å². The molecule has 0 atom stereocenters. The summed E-state index contributed by atoms with van der Waals surface area (Å²) in [5, 5.41) is 0.843. The molecule has 6 nitrogen and oxygen atoms in total. The summed E-state index contributed by atoms with van der Waals surface area (Å²) in [6, 6.07) is 9.27. The number of ether oxygens (including phenoxy) is 1. The summed E-state index contributed by atoms with van der Waals surface area (Å²) < 4.78 is 10.4. The molecule has 0 aliphatic carbocycles. The zero-order chi connectivity index (χ0) is 19.3. The van der Waals surface area contributed by atoms with Crippen LogP contribution in [-0.4, -0.2) is 19.0 Å². The molecule has 8 heteroatoms. The Hall–Kier alpha value is -2.83. The van der Waals surface area contributed by atoms with Crippen LogP contribution < -0.4 is 10.3 Å². The van der Waals surface area contributed by atoms with E-state index in [-0.39, 0.29) is 45.2 Å². The van der Waals surface area contributed by atoms with Crippen LogP contribution in [0.1, 0.15) is 26.5 Å². The molecule has 2 heterocycles. The maximum Gasteiger partial charge on any atom is 0.340 e. The number of carbonyl (C=O) groups excluding carboxylic acids is 2. The molecule has 0 unspecified atom stereocenters. The van der Waals surface area contributed by atoms with Gasteiger partial charge in [0.2, 0.25) is 5.76 Å². The Morgan fingerprint density at radius 1 is 1.19 bits per heavy atom. The van der Waals surface area contributed by atoms with Gasteiger partial charge in [0, 0.05) is 5.02 Å². The quantitative estimate of drug-likeness (QED) is 0.603. The lowest BCUT2D eigenvalue weighted by molar-refractivity contribution is 0.0601. The van der Waals surface area contributed by atoms with Crippen molar-refractivity contribution in [2.45, 2.75) is 6.54 Å². The van der Waals surface area contributed by atoms with E-state index < -0.39 is 11.9 Å². The van der Waals surface area contributed by atoms with Gasteiger partial charge in [0.1, 0.15) is 0 Å². The van der Waals surface area contributed by atoms with Crippen molar-refractivity contribution in [3.8, 4) is 0 Å². The van der Waals surface area contributed by atoms with E-state index in [1.807, 2.05) is 0 Å². The second-order valence-electron chi connectivity index (χ2n) is 5.90. The van der Waals surface area contributed by atoms with Gasteiger partial charge in [-0.3, -0.25) is 9.59 Å². The summed E-state index contributed by atoms with van der Waals surface area (Å²) >= 11 is 12.1. The molecule has 0 saturated carbocycles. The number of rotatable bonds is 2. The molecule has 1 aliphatic heterocycles. The topological polar surface area (TPSA) is 76.8 Å². The van der Waals surface area contributed by atoms with Crippen LogP contribution in [0.3, 0.4) is 0 Å². The first-order valence-corrected chi connectivity index (χ1v) is 8.62. The van der Waals surface area contributed by atoms with Crippen molar-refractivity contribution in [2.24, 2.45) is 0 Å². The second kappa shape index (κ2) is 6.40. The van der Waals surface area contributed by atoms with E-state index in [1.165, 1.54) is 24.1 Å². The van der Waals surface area contributed by atoms with Gasteiger partial charge in [-0.2, -0.15) is 0 Å². The van der Waals surface area contributed by atoms with Crippen molar-refractivity contribution in [1.29, 1.82) is 0 Å². The summed E-state index contributed by atoms with van der Waals surface area (Å²) in [6.45, 7) is -0.0371. The standard InChI is InChI=1S/C19H11Cl2NO5/c1-26-19(25)11-7-9(20)5-6-14(11)22-8-12-15(23)10-3-2-4-13(21)16(10)27-17(12)18(22)24/h2-7H,8H2,1H3. The van der Waals surface area contributed by atoms with Crippen molar-refractivity contribution >= 4 is 51.7 Å². The van der Waals surface area contributed by atoms with Crippen LogP contribution in [-0.2, 0) is 11.3 Å². The first kappa shape index (κ1) is 17.6. The molecule has 2 aromatic carbocycles. The van der Waals surface area contributed by atoms with E-state index >= 15 is 0 Å². The molecule has 0 bridgehead atoms. The lowest BCUT2D eigenvalue weighted by Crippen LogP contribution is -2.25. The Balaban J connectivity index is 1.90. The number of hydrogen-bond donors (Lipinski definition) is 0. The van der Waals surface area contributed by atoms with E-state index in [0.717, 1.165) is 0 Å². The van der Waals surface area contributed by atoms with Crippen LogP contribution in [0.2, 0.25) is 10.0 Å². The van der Waals surface area contributed by atoms with Crippen LogP contribution in [0, 0.1) is 0 Å². The lowest BCUT2D eigenvalue weighted by atomic mass is 10.1. The van der Waals surface area contributed by atoms with Crippen LogP contribution in [0.4, 0.5) is 5.69 Å². The van der Waals surface area contributed by atoms with Gasteiger partial charge in [0.05, 0.1) is 40.9 Å². The molecule has 136 valence electrons. The van der Waals surface area contributed by atoms with Crippen molar-refractivity contribution in [3.05, 3.63) is 73.6 Å². The third kappa shape index (κ3) is 2.69. The smallest absolute Gasteiger partial charge is 0.340 e.